The van der Waals surface area contributed by atoms with Gasteiger partial charge < -0.3 is 27.5 Å². The Morgan fingerprint density at radius 3 is 1.25 bits per heavy atom. The number of benzene rings is 10. The van der Waals surface area contributed by atoms with Crippen molar-refractivity contribution in [3.05, 3.63) is 211 Å². The van der Waals surface area contributed by atoms with Crippen LogP contribution in [0.5, 0.6) is 0 Å². The molecule has 0 amide bonds. The standard InChI is InChI=1S/C66H47N3O3/c1-38(2)40-28-32-43(33-29-40)67(42-16-6-5-7-17-42)54-36-51-46-19-9-12-26-57(46)71-65(51)62-59(54)49-22-14-23-50-60-55(37-52-47-20-10-13-27-58(47)72-66(52)63(60)69(62)61(49)50)68(44-34-30-41(31-35-44)39(3)4)53-24-15-21-48-45-18-8-11-25-56(45)70-64(48)53/h5-39H,1-4H3. The van der Waals surface area contributed by atoms with Gasteiger partial charge in [0, 0.05) is 70.9 Å². The van der Waals surface area contributed by atoms with Gasteiger partial charge in [-0.3, -0.25) is 0 Å². The van der Waals surface area contributed by atoms with E-state index in [1.54, 1.807) is 0 Å². The number of nitrogens with zero attached hydrogens (tertiary/aromatic N) is 3. The quantitative estimate of drug-likeness (QED) is 0.152. The zero-order valence-corrected chi connectivity index (χ0v) is 40.3. The molecule has 0 aliphatic rings. The fourth-order valence-corrected chi connectivity index (χ4v) is 11.8. The van der Waals surface area contributed by atoms with Gasteiger partial charge in [0.15, 0.2) is 16.7 Å². The van der Waals surface area contributed by atoms with Crippen molar-refractivity contribution < 1.29 is 13.3 Å². The lowest BCUT2D eigenvalue weighted by atomic mass is 9.99. The summed E-state index contributed by atoms with van der Waals surface area (Å²) >= 11 is 0. The van der Waals surface area contributed by atoms with Crippen molar-refractivity contribution in [2.24, 2.45) is 0 Å². The lowest BCUT2D eigenvalue weighted by Crippen LogP contribution is -2.11. The van der Waals surface area contributed by atoms with Crippen LogP contribution in [-0.4, -0.2) is 4.40 Å². The summed E-state index contributed by atoms with van der Waals surface area (Å²) in [6.07, 6.45) is 0. The molecule has 0 aliphatic carbocycles. The van der Waals surface area contributed by atoms with Gasteiger partial charge in [0.1, 0.15) is 27.8 Å². The highest BCUT2D eigenvalue weighted by molar-refractivity contribution is 6.36. The second-order valence-electron chi connectivity index (χ2n) is 20.0. The van der Waals surface area contributed by atoms with Crippen molar-refractivity contribution in [3.63, 3.8) is 0 Å². The topological polar surface area (TPSA) is 50.3 Å². The third-order valence-corrected chi connectivity index (χ3v) is 15.2. The van der Waals surface area contributed by atoms with Crippen molar-refractivity contribution in [2.45, 2.75) is 39.5 Å². The van der Waals surface area contributed by atoms with E-state index in [1.807, 2.05) is 6.07 Å². The minimum absolute atomic E-state index is 0.373. The Morgan fingerprint density at radius 2 is 0.722 bits per heavy atom. The maximum atomic E-state index is 7.19. The van der Waals surface area contributed by atoms with E-state index in [4.69, 9.17) is 13.3 Å². The number of anilines is 6. The molecular formula is C66H47N3O3. The van der Waals surface area contributed by atoms with Crippen LogP contribution >= 0.6 is 0 Å². The Bertz CT molecular complexity index is 4630. The lowest BCUT2D eigenvalue weighted by Gasteiger charge is -2.27. The Morgan fingerprint density at radius 1 is 0.319 bits per heavy atom. The van der Waals surface area contributed by atoms with Gasteiger partial charge >= 0.3 is 0 Å². The zero-order chi connectivity index (χ0) is 47.9. The molecule has 0 radical (unpaired) electrons. The van der Waals surface area contributed by atoms with E-state index in [9.17, 15) is 0 Å². The van der Waals surface area contributed by atoms with Gasteiger partial charge in [0.05, 0.1) is 22.6 Å². The molecule has 0 bridgehead atoms. The highest BCUT2D eigenvalue weighted by Gasteiger charge is 2.32. The first-order valence-corrected chi connectivity index (χ1v) is 25.1. The summed E-state index contributed by atoms with van der Waals surface area (Å²) in [5.41, 5.74) is 16.9. The fourth-order valence-electron chi connectivity index (χ4n) is 11.8. The Hall–Kier alpha value is -9.00. The molecule has 72 heavy (non-hydrogen) atoms. The van der Waals surface area contributed by atoms with Gasteiger partial charge in [-0.1, -0.05) is 155 Å². The van der Waals surface area contributed by atoms with Crippen molar-refractivity contribution in [1.29, 1.82) is 0 Å². The van der Waals surface area contributed by atoms with Crippen LogP contribution < -0.4 is 9.80 Å². The third-order valence-electron chi connectivity index (χ3n) is 15.2. The molecule has 0 atom stereocenters. The number of aromatic nitrogens is 1. The molecule has 6 nitrogen and oxygen atoms in total. The maximum absolute atomic E-state index is 7.19. The second kappa shape index (κ2) is 15.2. The summed E-state index contributed by atoms with van der Waals surface area (Å²) in [7, 11) is 0. The average Bonchev–Trinajstić information content (AvgIpc) is 4.25. The highest BCUT2D eigenvalue weighted by Crippen LogP contribution is 2.55. The fraction of sp³-hybridized carbons (Fsp3) is 0.0909. The average molecular weight is 930 g/mol. The summed E-state index contributed by atoms with van der Waals surface area (Å²) in [6, 6.07) is 72.2. The molecule has 5 heterocycles. The third kappa shape index (κ3) is 5.72. The minimum Gasteiger partial charge on any atom is -0.454 e. The Labute approximate surface area is 414 Å². The summed E-state index contributed by atoms with van der Waals surface area (Å²) in [5.74, 6) is 0.777. The first-order chi connectivity index (χ1) is 35.4. The summed E-state index contributed by atoms with van der Waals surface area (Å²) in [6.45, 7) is 9.00. The van der Waals surface area contributed by atoms with Crippen LogP contribution in [0.15, 0.2) is 213 Å². The van der Waals surface area contributed by atoms with E-state index in [0.717, 1.165) is 138 Å². The molecule has 0 fully saturated rings. The zero-order valence-electron chi connectivity index (χ0n) is 40.3. The molecule has 15 aromatic rings. The molecule has 344 valence electrons. The van der Waals surface area contributed by atoms with E-state index in [1.165, 1.54) is 11.1 Å². The van der Waals surface area contributed by atoms with Crippen LogP contribution in [0.4, 0.5) is 34.1 Å². The van der Waals surface area contributed by atoms with Crippen LogP contribution in [0.2, 0.25) is 0 Å². The normalized spacial score (nSPS) is 12.4. The maximum Gasteiger partial charge on any atom is 0.160 e. The molecule has 0 saturated heterocycles. The van der Waals surface area contributed by atoms with Crippen molar-refractivity contribution >= 4 is 138 Å². The van der Waals surface area contributed by atoms with Gasteiger partial charge in [-0.25, -0.2) is 0 Å². The first kappa shape index (κ1) is 40.8. The lowest BCUT2D eigenvalue weighted by molar-refractivity contribution is 0.669. The number of rotatable bonds is 8. The predicted octanol–water partition coefficient (Wildman–Crippen LogP) is 19.7. The van der Waals surface area contributed by atoms with Crippen LogP contribution in [0.3, 0.4) is 0 Å². The minimum atomic E-state index is 0.373. The second-order valence-corrected chi connectivity index (χ2v) is 20.0. The molecule has 0 unspecified atom stereocenters. The first-order valence-electron chi connectivity index (χ1n) is 25.1. The molecular weight excluding hydrogens is 883 g/mol. The molecule has 0 N–H and O–H groups in total. The van der Waals surface area contributed by atoms with E-state index < -0.39 is 0 Å². The van der Waals surface area contributed by atoms with Crippen molar-refractivity contribution in [1.82, 2.24) is 4.40 Å². The molecule has 6 heteroatoms. The van der Waals surface area contributed by atoms with Crippen molar-refractivity contribution in [2.75, 3.05) is 9.80 Å². The van der Waals surface area contributed by atoms with Gasteiger partial charge in [-0.05, 0) is 95.8 Å². The summed E-state index contributed by atoms with van der Waals surface area (Å²) in [5, 5.41) is 10.7. The molecule has 15 rings (SSSR count). The molecule has 0 aliphatic heterocycles. The Balaban J connectivity index is 1.15. The van der Waals surface area contributed by atoms with E-state index in [0.29, 0.717) is 11.8 Å². The number of para-hydroxylation sites is 6. The van der Waals surface area contributed by atoms with Gasteiger partial charge in [0.25, 0.3) is 0 Å². The number of fused-ring (bicyclic) bond motifs is 17. The van der Waals surface area contributed by atoms with Gasteiger partial charge in [0.2, 0.25) is 0 Å². The number of hydrogen-bond donors (Lipinski definition) is 0. The van der Waals surface area contributed by atoms with E-state index in [-0.39, 0.29) is 0 Å². The number of furan rings is 3. The summed E-state index contributed by atoms with van der Waals surface area (Å²) < 4.78 is 23.8. The monoisotopic (exact) mass is 929 g/mol. The van der Waals surface area contributed by atoms with Crippen molar-refractivity contribution in [3.8, 4) is 0 Å². The molecule has 0 spiro atoms. The van der Waals surface area contributed by atoms with Crippen LogP contribution in [0, 0.1) is 0 Å². The smallest absolute Gasteiger partial charge is 0.160 e. The van der Waals surface area contributed by atoms with Gasteiger partial charge in [-0.15, -0.1) is 0 Å². The van der Waals surface area contributed by atoms with E-state index in [2.05, 4.69) is 236 Å². The predicted molar refractivity (Wildman–Crippen MR) is 300 cm³/mol. The Kier molecular flexibility index (Phi) is 8.65. The summed E-state index contributed by atoms with van der Waals surface area (Å²) in [4.78, 5) is 4.85. The highest BCUT2D eigenvalue weighted by atomic mass is 16.3. The largest absolute Gasteiger partial charge is 0.454 e. The van der Waals surface area contributed by atoms with E-state index >= 15 is 0 Å². The van der Waals surface area contributed by atoms with Gasteiger partial charge in [-0.2, -0.15) is 0 Å². The van der Waals surface area contributed by atoms with Crippen LogP contribution in [0.1, 0.15) is 50.7 Å². The van der Waals surface area contributed by atoms with Crippen LogP contribution in [0.25, 0.3) is 104 Å². The number of hydrogen-bond acceptors (Lipinski definition) is 5. The van der Waals surface area contributed by atoms with Crippen LogP contribution in [-0.2, 0) is 0 Å². The molecule has 10 aromatic carbocycles. The molecule has 5 aromatic heterocycles. The molecule has 0 saturated carbocycles. The SMILES string of the molecule is CC(C)c1ccc(N(c2ccccc2)c2cc3c4ccccc4oc3c3c2c2cccc4c5c(N(c6ccc(C(C)C)cc6)c6cccc7c6oc6ccccc67)cc6c7ccccc7oc6c5n3c24)cc1.